The Morgan fingerprint density at radius 2 is 0.797 bits per heavy atom. The fourth-order valence-electron chi connectivity index (χ4n) is 10.1. The van der Waals surface area contributed by atoms with Crippen molar-refractivity contribution in [3.05, 3.63) is 259 Å². The monoisotopic (exact) mass is 819 g/mol. The quantitative estimate of drug-likeness (QED) is 0.140. The first-order valence-electron chi connectivity index (χ1n) is 22.5. The molecule has 0 radical (unpaired) electrons. The van der Waals surface area contributed by atoms with Gasteiger partial charge in [0.05, 0.1) is 6.04 Å². The van der Waals surface area contributed by atoms with Gasteiger partial charge >= 0.3 is 0 Å². The van der Waals surface area contributed by atoms with E-state index in [1.54, 1.807) is 0 Å². The van der Waals surface area contributed by atoms with Gasteiger partial charge in [0.25, 0.3) is 0 Å². The number of nitrogens with zero attached hydrogens (tertiary/aromatic N) is 1. The lowest BCUT2D eigenvalue weighted by molar-refractivity contribution is 0.660. The maximum atomic E-state index is 2.56. The standard InChI is InChI=1S/C63H49N/c1-63(2)60-42-51(45-20-10-4-11-21-45)32-38-56(60)57-39-37-55(43-61(57)63)64(53-33-28-47(29-34-53)44-18-8-3-9-19-44)54-35-30-50(31-36-54)62-58(48-24-14-6-15-25-48)40-52(46-22-12-5-13-23-46)41-59(62)49-26-16-7-17-27-49/h3-35,37-43,54H,36H2,1-2H3. The molecule has 0 fully saturated rings. The van der Waals surface area contributed by atoms with Crippen molar-refractivity contribution in [2.24, 2.45) is 0 Å². The number of hydrogen-bond donors (Lipinski definition) is 0. The van der Waals surface area contributed by atoms with Crippen LogP contribution in [0.2, 0.25) is 0 Å². The summed E-state index contributed by atoms with van der Waals surface area (Å²) < 4.78 is 0. The van der Waals surface area contributed by atoms with Crippen LogP contribution in [0.3, 0.4) is 0 Å². The van der Waals surface area contributed by atoms with Crippen molar-refractivity contribution < 1.29 is 0 Å². The summed E-state index contributed by atoms with van der Waals surface area (Å²) in [5.74, 6) is 0. The molecule has 306 valence electrons. The van der Waals surface area contributed by atoms with Gasteiger partial charge in [0.2, 0.25) is 0 Å². The van der Waals surface area contributed by atoms with Crippen LogP contribution in [0.1, 0.15) is 37.0 Å². The number of fused-ring (bicyclic) bond motifs is 3. The van der Waals surface area contributed by atoms with E-state index in [1.807, 2.05) is 0 Å². The summed E-state index contributed by atoms with van der Waals surface area (Å²) in [6.07, 6.45) is 8.14. The Kier molecular flexibility index (Phi) is 10.1. The van der Waals surface area contributed by atoms with Gasteiger partial charge in [-0.1, -0.05) is 214 Å². The Balaban J connectivity index is 1.01. The molecule has 2 aliphatic rings. The topological polar surface area (TPSA) is 3.24 Å². The first-order chi connectivity index (χ1) is 31.5. The third kappa shape index (κ3) is 7.20. The lowest BCUT2D eigenvalue weighted by atomic mass is 9.81. The Morgan fingerprint density at radius 3 is 1.31 bits per heavy atom. The summed E-state index contributed by atoms with van der Waals surface area (Å²) in [7, 11) is 0. The van der Waals surface area contributed by atoms with Crippen LogP contribution in [0.4, 0.5) is 11.4 Å². The smallest absolute Gasteiger partial charge is 0.0560 e. The molecule has 0 saturated carbocycles. The van der Waals surface area contributed by atoms with E-state index in [9.17, 15) is 0 Å². The van der Waals surface area contributed by atoms with E-state index in [1.165, 1.54) is 100 Å². The Morgan fingerprint density at radius 1 is 0.375 bits per heavy atom. The molecule has 1 unspecified atom stereocenters. The molecule has 1 nitrogen and oxygen atoms in total. The number of benzene rings is 9. The number of allylic oxidation sites excluding steroid dienone is 2. The highest BCUT2D eigenvalue weighted by Crippen LogP contribution is 2.52. The zero-order chi connectivity index (χ0) is 43.0. The van der Waals surface area contributed by atoms with Crippen LogP contribution in [0.15, 0.2) is 243 Å². The lowest BCUT2D eigenvalue weighted by Gasteiger charge is -2.35. The lowest BCUT2D eigenvalue weighted by Crippen LogP contribution is -2.30. The fraction of sp³-hybridized carbons (Fsp3) is 0.0794. The molecule has 0 aliphatic heterocycles. The van der Waals surface area contributed by atoms with E-state index < -0.39 is 0 Å². The third-order valence-corrected chi connectivity index (χ3v) is 13.4. The van der Waals surface area contributed by atoms with Crippen LogP contribution in [0, 0.1) is 0 Å². The van der Waals surface area contributed by atoms with Crippen molar-refractivity contribution in [3.63, 3.8) is 0 Å². The van der Waals surface area contributed by atoms with E-state index in [2.05, 4.69) is 261 Å². The third-order valence-electron chi connectivity index (χ3n) is 13.4. The molecule has 0 N–H and O–H groups in total. The van der Waals surface area contributed by atoms with E-state index in [0.717, 1.165) is 6.42 Å². The minimum absolute atomic E-state index is 0.0879. The number of anilines is 2. The van der Waals surface area contributed by atoms with Gasteiger partial charge in [0, 0.05) is 16.8 Å². The van der Waals surface area contributed by atoms with Crippen LogP contribution in [-0.4, -0.2) is 6.04 Å². The van der Waals surface area contributed by atoms with Gasteiger partial charge < -0.3 is 4.90 Å². The van der Waals surface area contributed by atoms with Crippen LogP contribution >= 0.6 is 0 Å². The SMILES string of the molecule is CC1(C)c2cc(-c3ccccc3)ccc2-c2ccc(N(c3ccc(-c4ccccc4)cc3)C3C=CC(c4c(-c5ccccc5)cc(-c5ccccc5)cc4-c4ccccc4)=CC3)cc21. The molecular weight excluding hydrogens is 771 g/mol. The fourth-order valence-corrected chi connectivity index (χ4v) is 10.1. The van der Waals surface area contributed by atoms with Gasteiger partial charge in [-0.2, -0.15) is 0 Å². The van der Waals surface area contributed by atoms with E-state index in [0.29, 0.717) is 0 Å². The molecule has 0 heterocycles. The van der Waals surface area contributed by atoms with Gasteiger partial charge in [0.15, 0.2) is 0 Å². The summed E-state index contributed by atoms with van der Waals surface area (Å²) in [6, 6.07) is 82.2. The summed E-state index contributed by atoms with van der Waals surface area (Å²) in [5, 5.41) is 0. The predicted octanol–water partition coefficient (Wildman–Crippen LogP) is 16.9. The molecule has 64 heavy (non-hydrogen) atoms. The van der Waals surface area contributed by atoms with Gasteiger partial charge in [-0.3, -0.25) is 0 Å². The molecule has 1 atom stereocenters. The molecule has 9 aromatic carbocycles. The van der Waals surface area contributed by atoms with Crippen LogP contribution in [-0.2, 0) is 5.41 Å². The summed E-state index contributed by atoms with van der Waals surface area (Å²) in [4.78, 5) is 2.56. The average Bonchev–Trinajstić information content (AvgIpc) is 3.60. The minimum Gasteiger partial charge on any atom is -0.334 e. The van der Waals surface area contributed by atoms with Crippen molar-refractivity contribution in [1.82, 2.24) is 0 Å². The van der Waals surface area contributed by atoms with E-state index in [-0.39, 0.29) is 11.5 Å². The zero-order valence-electron chi connectivity index (χ0n) is 36.3. The van der Waals surface area contributed by atoms with Gasteiger partial charge in [-0.05, 0) is 138 Å². The molecule has 11 rings (SSSR count). The molecular formula is C63H49N. The van der Waals surface area contributed by atoms with Crippen molar-refractivity contribution >= 4 is 16.9 Å². The molecule has 2 aliphatic carbocycles. The van der Waals surface area contributed by atoms with E-state index >= 15 is 0 Å². The molecule has 1 heteroatoms. The minimum atomic E-state index is -0.169. The van der Waals surface area contributed by atoms with E-state index in [4.69, 9.17) is 0 Å². The number of hydrogen-bond acceptors (Lipinski definition) is 1. The van der Waals surface area contributed by atoms with Crippen LogP contribution < -0.4 is 4.90 Å². The summed E-state index contributed by atoms with van der Waals surface area (Å²) in [5.41, 5.74) is 22.4. The molecule has 0 saturated heterocycles. The molecule has 0 amide bonds. The maximum Gasteiger partial charge on any atom is 0.0560 e. The Bertz CT molecular complexity index is 3100. The largest absolute Gasteiger partial charge is 0.334 e. The van der Waals surface area contributed by atoms with Crippen molar-refractivity contribution in [2.45, 2.75) is 31.7 Å². The molecule has 0 bridgehead atoms. The highest BCUT2D eigenvalue weighted by atomic mass is 15.2. The van der Waals surface area contributed by atoms with Crippen LogP contribution in [0.5, 0.6) is 0 Å². The molecule has 9 aromatic rings. The highest BCUT2D eigenvalue weighted by molar-refractivity contribution is 5.97. The molecule has 0 spiro atoms. The second-order valence-corrected chi connectivity index (χ2v) is 17.6. The average molecular weight is 820 g/mol. The summed E-state index contributed by atoms with van der Waals surface area (Å²) >= 11 is 0. The maximum absolute atomic E-state index is 2.56. The van der Waals surface area contributed by atoms with Gasteiger partial charge in [-0.15, -0.1) is 0 Å². The molecule has 0 aromatic heterocycles. The first-order valence-corrected chi connectivity index (χ1v) is 22.5. The van der Waals surface area contributed by atoms with Gasteiger partial charge in [0.1, 0.15) is 0 Å². The van der Waals surface area contributed by atoms with Crippen molar-refractivity contribution in [3.8, 4) is 66.8 Å². The highest BCUT2D eigenvalue weighted by Gasteiger charge is 2.37. The second-order valence-electron chi connectivity index (χ2n) is 17.6. The zero-order valence-corrected chi connectivity index (χ0v) is 36.3. The van der Waals surface area contributed by atoms with Crippen LogP contribution in [0.25, 0.3) is 72.3 Å². The number of rotatable bonds is 9. The normalized spacial score (nSPS) is 14.7. The Hall–Kier alpha value is -7.74. The predicted molar refractivity (Wildman–Crippen MR) is 272 cm³/mol. The second kappa shape index (κ2) is 16.5. The van der Waals surface area contributed by atoms with Crippen molar-refractivity contribution in [1.29, 1.82) is 0 Å². The Labute approximate surface area is 378 Å². The van der Waals surface area contributed by atoms with Gasteiger partial charge in [-0.25, -0.2) is 0 Å². The van der Waals surface area contributed by atoms with Crippen molar-refractivity contribution in [2.75, 3.05) is 4.90 Å². The summed E-state index contributed by atoms with van der Waals surface area (Å²) in [6.45, 7) is 4.78. The first kappa shape index (κ1) is 39.1.